The van der Waals surface area contributed by atoms with Gasteiger partial charge in [0.2, 0.25) is 0 Å². The van der Waals surface area contributed by atoms with E-state index >= 15 is 0 Å². The number of benzene rings is 3. The Labute approximate surface area is 194 Å². The van der Waals surface area contributed by atoms with E-state index in [1.54, 1.807) is 0 Å². The Morgan fingerprint density at radius 2 is 1.18 bits per heavy atom. The van der Waals surface area contributed by atoms with Gasteiger partial charge in [-0.1, -0.05) is 91.0 Å². The van der Waals surface area contributed by atoms with Gasteiger partial charge in [-0.25, -0.2) is 0 Å². The molecule has 3 aromatic carbocycles. The Kier molecular flexibility index (Phi) is 5.97. The largest absolute Gasteiger partial charge is 0.368 e. The molecule has 0 saturated carbocycles. The maximum Gasteiger partial charge on any atom is 0.114 e. The minimum Gasteiger partial charge on any atom is -0.368 e. The van der Waals surface area contributed by atoms with Crippen molar-refractivity contribution in [1.29, 1.82) is 0 Å². The smallest absolute Gasteiger partial charge is 0.114 e. The first kappa shape index (κ1) is 21.0. The second kappa shape index (κ2) is 9.37. The summed E-state index contributed by atoms with van der Waals surface area (Å²) in [5, 5.41) is 2.11. The van der Waals surface area contributed by atoms with E-state index in [0.717, 1.165) is 17.7 Å². The molecule has 6 rings (SSSR count). The van der Waals surface area contributed by atoms with Gasteiger partial charge in [0.25, 0.3) is 0 Å². The predicted molar refractivity (Wildman–Crippen MR) is 124 cm³/mol. The number of ether oxygens (including phenoxy) is 3. The van der Waals surface area contributed by atoms with Crippen LogP contribution in [0.2, 0.25) is 0 Å². The van der Waals surface area contributed by atoms with Gasteiger partial charge in [-0.15, -0.1) is 0 Å². The molecule has 3 heterocycles. The van der Waals surface area contributed by atoms with Gasteiger partial charge in [0.05, 0.1) is 32.0 Å². The molecule has 5 heteroatoms. The normalized spacial score (nSPS) is 30.5. The molecule has 3 aromatic rings. The van der Waals surface area contributed by atoms with Crippen molar-refractivity contribution in [2.75, 3.05) is 6.61 Å². The number of rotatable bonds is 8. The fraction of sp³-hybridized carbons (Fsp3) is 0.357. The third kappa shape index (κ3) is 4.23. The topological polar surface area (TPSA) is 40.2 Å². The average Bonchev–Trinajstić information content (AvgIpc) is 3.55. The highest BCUT2D eigenvalue weighted by Gasteiger charge is 2.65. The summed E-state index contributed by atoms with van der Waals surface area (Å²) < 4.78 is 19.5. The van der Waals surface area contributed by atoms with E-state index in [4.69, 9.17) is 19.0 Å². The molecule has 0 unspecified atom stereocenters. The van der Waals surface area contributed by atoms with Crippen LogP contribution in [0.3, 0.4) is 0 Å². The molecular weight excluding hydrogens is 414 g/mol. The van der Waals surface area contributed by atoms with Crippen molar-refractivity contribution in [1.82, 2.24) is 5.06 Å². The standard InChI is InChI=1S/C28H29NO4/c1-4-10-20(11-5-1)16-29-24-23(19-32-29)25-27(30-17-21-12-6-2-7-13-21)28(26(24)33-25)31-18-22-14-8-3-9-15-22/h1-15,23-28H,16-19H2/t23-,24+,25+,26-,27+,28+/m1/s1. The first-order valence-electron chi connectivity index (χ1n) is 11.8. The summed E-state index contributed by atoms with van der Waals surface area (Å²) in [6, 6.07) is 31.2. The minimum atomic E-state index is -0.139. The van der Waals surface area contributed by atoms with E-state index < -0.39 is 0 Å². The monoisotopic (exact) mass is 443 g/mol. The van der Waals surface area contributed by atoms with E-state index in [2.05, 4.69) is 53.6 Å². The second-order valence-electron chi connectivity index (χ2n) is 9.10. The zero-order valence-corrected chi connectivity index (χ0v) is 18.5. The summed E-state index contributed by atoms with van der Waals surface area (Å²) in [5.41, 5.74) is 3.55. The minimum absolute atomic E-state index is 0.0229. The molecule has 170 valence electrons. The van der Waals surface area contributed by atoms with Gasteiger partial charge in [0, 0.05) is 12.5 Å². The van der Waals surface area contributed by atoms with Crippen molar-refractivity contribution in [3.63, 3.8) is 0 Å². The van der Waals surface area contributed by atoms with Gasteiger partial charge in [-0.2, -0.15) is 5.06 Å². The summed E-state index contributed by atoms with van der Waals surface area (Å²) >= 11 is 0. The van der Waals surface area contributed by atoms with Crippen molar-refractivity contribution in [3.05, 3.63) is 108 Å². The highest BCUT2D eigenvalue weighted by molar-refractivity contribution is 5.19. The zero-order chi connectivity index (χ0) is 22.0. The summed E-state index contributed by atoms with van der Waals surface area (Å²) in [4.78, 5) is 6.17. The molecule has 0 aromatic heterocycles. The number of nitrogens with zero attached hydrogens (tertiary/aromatic N) is 1. The third-order valence-corrected chi connectivity index (χ3v) is 7.00. The number of hydrogen-bond donors (Lipinski definition) is 0. The molecule has 0 amide bonds. The van der Waals surface area contributed by atoms with E-state index in [1.165, 1.54) is 5.56 Å². The lowest BCUT2D eigenvalue weighted by molar-refractivity contribution is -0.171. The van der Waals surface area contributed by atoms with E-state index in [-0.39, 0.29) is 36.4 Å². The first-order valence-corrected chi connectivity index (χ1v) is 11.8. The van der Waals surface area contributed by atoms with Crippen LogP contribution in [0, 0.1) is 5.92 Å². The molecule has 2 bridgehead atoms. The first-order chi connectivity index (χ1) is 16.4. The molecule has 0 radical (unpaired) electrons. The van der Waals surface area contributed by atoms with Crippen LogP contribution in [0.4, 0.5) is 0 Å². The van der Waals surface area contributed by atoms with Crippen LogP contribution < -0.4 is 0 Å². The highest BCUT2D eigenvalue weighted by atomic mass is 16.7. The lowest BCUT2D eigenvalue weighted by Crippen LogP contribution is -2.54. The zero-order valence-electron chi connectivity index (χ0n) is 18.5. The Hall–Kier alpha value is -2.54. The van der Waals surface area contributed by atoms with E-state index in [0.29, 0.717) is 19.8 Å². The van der Waals surface area contributed by atoms with Crippen molar-refractivity contribution < 1.29 is 19.0 Å². The van der Waals surface area contributed by atoms with Crippen molar-refractivity contribution in [2.45, 2.75) is 50.2 Å². The quantitative estimate of drug-likeness (QED) is 0.517. The van der Waals surface area contributed by atoms with Crippen LogP contribution in [0.5, 0.6) is 0 Å². The van der Waals surface area contributed by atoms with Crippen molar-refractivity contribution in [2.24, 2.45) is 5.92 Å². The predicted octanol–water partition coefficient (Wildman–Crippen LogP) is 4.37. The van der Waals surface area contributed by atoms with E-state index in [9.17, 15) is 0 Å². The van der Waals surface area contributed by atoms with Gasteiger partial charge in [0.1, 0.15) is 18.3 Å². The molecule has 0 N–H and O–H groups in total. The van der Waals surface area contributed by atoms with Gasteiger partial charge in [-0.05, 0) is 16.7 Å². The molecule has 5 nitrogen and oxygen atoms in total. The molecule has 0 spiro atoms. The van der Waals surface area contributed by atoms with Crippen LogP contribution in [0.25, 0.3) is 0 Å². The second-order valence-corrected chi connectivity index (χ2v) is 9.10. The maximum atomic E-state index is 6.54. The molecule has 6 atom stereocenters. The highest BCUT2D eigenvalue weighted by Crippen LogP contribution is 2.48. The van der Waals surface area contributed by atoms with Crippen LogP contribution in [0.15, 0.2) is 91.0 Å². The van der Waals surface area contributed by atoms with Crippen LogP contribution in [-0.2, 0) is 38.8 Å². The summed E-state index contributed by atoms with van der Waals surface area (Å²) in [6.45, 7) is 2.50. The molecular formula is C28H29NO4. The number of hydroxylamine groups is 2. The van der Waals surface area contributed by atoms with Gasteiger partial charge >= 0.3 is 0 Å². The number of fused-ring (bicyclic) bond motifs is 5. The van der Waals surface area contributed by atoms with Crippen molar-refractivity contribution >= 4 is 0 Å². The molecule has 3 aliphatic rings. The molecule has 3 aliphatic heterocycles. The van der Waals surface area contributed by atoms with Crippen LogP contribution in [-0.4, -0.2) is 42.1 Å². The van der Waals surface area contributed by atoms with Crippen LogP contribution in [0.1, 0.15) is 16.7 Å². The van der Waals surface area contributed by atoms with Gasteiger partial charge in [-0.3, -0.25) is 4.84 Å². The summed E-state index contributed by atoms with van der Waals surface area (Å²) in [7, 11) is 0. The Balaban J connectivity index is 1.20. The third-order valence-electron chi connectivity index (χ3n) is 7.00. The van der Waals surface area contributed by atoms with Gasteiger partial charge in [0.15, 0.2) is 0 Å². The van der Waals surface area contributed by atoms with Gasteiger partial charge < -0.3 is 14.2 Å². The maximum absolute atomic E-state index is 6.54. The Bertz CT molecular complexity index is 1030. The lowest BCUT2D eigenvalue weighted by atomic mass is 9.81. The Morgan fingerprint density at radius 1 is 0.667 bits per heavy atom. The molecule has 3 fully saturated rings. The Morgan fingerprint density at radius 3 is 1.76 bits per heavy atom. The molecule has 3 saturated heterocycles. The molecule has 33 heavy (non-hydrogen) atoms. The fourth-order valence-corrected chi connectivity index (χ4v) is 5.43. The number of hydrogen-bond acceptors (Lipinski definition) is 5. The van der Waals surface area contributed by atoms with E-state index in [1.807, 2.05) is 42.5 Å². The SMILES string of the molecule is c1ccc(CO[C@@H]2[C@@H](OCc3ccccc3)[C@@H]3O[C@H]2[C@@H]2CON(Cc4ccccc4)[C@@H]23)cc1. The van der Waals surface area contributed by atoms with Crippen molar-refractivity contribution in [3.8, 4) is 0 Å². The summed E-state index contributed by atoms with van der Waals surface area (Å²) in [5.74, 6) is 0.288. The molecule has 0 aliphatic carbocycles. The summed E-state index contributed by atoms with van der Waals surface area (Å²) in [6.07, 6.45) is -0.346. The fourth-order valence-electron chi connectivity index (χ4n) is 5.43. The van der Waals surface area contributed by atoms with Crippen LogP contribution >= 0.6 is 0 Å². The lowest BCUT2D eigenvalue weighted by Gasteiger charge is -2.36. The average molecular weight is 444 g/mol.